The summed E-state index contributed by atoms with van der Waals surface area (Å²) in [5, 5.41) is 0. The highest BCUT2D eigenvalue weighted by atomic mass is 19.1. The lowest BCUT2D eigenvalue weighted by molar-refractivity contribution is -0.133. The number of benzene rings is 2. The highest BCUT2D eigenvalue weighted by Gasteiger charge is 2.36. The Morgan fingerprint density at radius 1 is 1.18 bits per heavy atom. The number of amides is 2. The first kappa shape index (κ1) is 23.5. The number of rotatable bonds is 7. The molecule has 0 radical (unpaired) electrons. The summed E-state index contributed by atoms with van der Waals surface area (Å²) in [6.07, 6.45) is 1.73. The van der Waals surface area contributed by atoms with Gasteiger partial charge in [-0.25, -0.2) is 9.37 Å². The van der Waals surface area contributed by atoms with Crippen LogP contribution in [0.3, 0.4) is 0 Å². The lowest BCUT2D eigenvalue weighted by Crippen LogP contribution is -2.49. The van der Waals surface area contributed by atoms with Crippen LogP contribution in [0.4, 0.5) is 4.39 Å². The number of aromatic nitrogens is 1. The van der Waals surface area contributed by atoms with E-state index < -0.39 is 0 Å². The number of piperidine rings is 1. The average molecular weight is 466 g/mol. The largest absolute Gasteiger partial charge is 0.490 e. The maximum atomic E-state index is 13.3. The van der Waals surface area contributed by atoms with Crippen LogP contribution in [0.5, 0.6) is 5.75 Å². The second-order valence-corrected chi connectivity index (χ2v) is 8.61. The molecule has 178 valence electrons. The van der Waals surface area contributed by atoms with Crippen molar-refractivity contribution < 1.29 is 23.1 Å². The molecule has 0 spiro atoms. The molecule has 3 aromatic rings. The molecule has 7 nitrogen and oxygen atoms in total. The smallest absolute Gasteiger partial charge is 0.276 e. The Labute approximate surface area is 198 Å². The van der Waals surface area contributed by atoms with E-state index in [4.69, 9.17) is 9.15 Å². The number of halogens is 1. The zero-order valence-electron chi connectivity index (χ0n) is 19.3. The van der Waals surface area contributed by atoms with Gasteiger partial charge in [0.15, 0.2) is 12.1 Å². The van der Waals surface area contributed by atoms with E-state index in [2.05, 4.69) is 4.98 Å². The third-order valence-electron chi connectivity index (χ3n) is 6.12. The fourth-order valence-electron chi connectivity index (χ4n) is 4.22. The molecule has 0 bridgehead atoms. The molecule has 1 fully saturated rings. The summed E-state index contributed by atoms with van der Waals surface area (Å²) in [4.78, 5) is 33.6. The van der Waals surface area contributed by atoms with Gasteiger partial charge in [-0.2, -0.15) is 0 Å². The van der Waals surface area contributed by atoms with Gasteiger partial charge in [0.1, 0.15) is 23.4 Å². The molecular formula is C26H28FN3O4. The molecule has 0 N–H and O–H groups in total. The number of hydrogen-bond acceptors (Lipinski definition) is 5. The number of nitrogens with zero attached hydrogens (tertiary/aromatic N) is 3. The number of aryl methyl sites for hydroxylation is 1. The first-order valence-corrected chi connectivity index (χ1v) is 11.3. The monoisotopic (exact) mass is 465 g/mol. The summed E-state index contributed by atoms with van der Waals surface area (Å²) in [5.74, 6) is 0.166. The molecule has 2 atom stereocenters. The molecule has 0 saturated carbocycles. The van der Waals surface area contributed by atoms with E-state index in [-0.39, 0.29) is 41.8 Å². The van der Waals surface area contributed by atoms with Gasteiger partial charge in [-0.15, -0.1) is 0 Å². The summed E-state index contributed by atoms with van der Waals surface area (Å²) >= 11 is 0. The predicted octanol–water partition coefficient (Wildman–Crippen LogP) is 4.08. The van der Waals surface area contributed by atoms with E-state index in [9.17, 15) is 14.0 Å². The molecule has 1 aliphatic heterocycles. The van der Waals surface area contributed by atoms with Gasteiger partial charge in [-0.05, 0) is 36.8 Å². The number of hydrogen-bond donors (Lipinski definition) is 0. The maximum Gasteiger partial charge on any atom is 0.276 e. The topological polar surface area (TPSA) is 75.9 Å². The fourth-order valence-corrected chi connectivity index (χ4v) is 4.22. The molecule has 34 heavy (non-hydrogen) atoms. The van der Waals surface area contributed by atoms with E-state index in [1.807, 2.05) is 30.3 Å². The molecule has 2 aromatic carbocycles. The lowest BCUT2D eigenvalue weighted by atomic mass is 9.90. The Morgan fingerprint density at radius 2 is 1.91 bits per heavy atom. The van der Waals surface area contributed by atoms with Crippen molar-refractivity contribution in [3.8, 4) is 5.75 Å². The molecule has 1 saturated heterocycles. The first-order valence-electron chi connectivity index (χ1n) is 11.3. The molecule has 4 rings (SSSR count). The van der Waals surface area contributed by atoms with Crippen LogP contribution in [0.1, 0.15) is 34.7 Å². The number of likely N-dealkylation sites (tertiary alicyclic amines) is 1. The minimum atomic E-state index is -0.343. The molecule has 0 aliphatic carbocycles. The van der Waals surface area contributed by atoms with Crippen LogP contribution in [0.25, 0.3) is 0 Å². The zero-order valence-corrected chi connectivity index (χ0v) is 19.3. The maximum absolute atomic E-state index is 13.3. The van der Waals surface area contributed by atoms with Crippen LogP contribution >= 0.6 is 0 Å². The molecular weight excluding hydrogens is 437 g/mol. The lowest BCUT2D eigenvalue weighted by Gasteiger charge is -2.38. The summed E-state index contributed by atoms with van der Waals surface area (Å²) in [5.41, 5.74) is 1.32. The van der Waals surface area contributed by atoms with Crippen LogP contribution in [0, 0.1) is 18.7 Å². The molecule has 1 aromatic heterocycles. The first-order chi connectivity index (χ1) is 16.4. The van der Waals surface area contributed by atoms with E-state index in [0.29, 0.717) is 37.6 Å². The number of oxazole rings is 1. The van der Waals surface area contributed by atoms with Gasteiger partial charge in [-0.1, -0.05) is 30.3 Å². The zero-order chi connectivity index (χ0) is 24.1. The number of carbonyl (C=O) groups is 2. The fraction of sp³-hybridized carbons (Fsp3) is 0.346. The van der Waals surface area contributed by atoms with Crippen molar-refractivity contribution in [1.82, 2.24) is 14.8 Å². The normalized spacial score (nSPS) is 17.9. The molecule has 2 heterocycles. The SMILES string of the molecule is Cc1ocnc1C(=O)N1CC[C@H](Oc2ccc(F)cc2)[C@@H](CC(=O)N(C)Cc2ccccc2)C1. The van der Waals surface area contributed by atoms with Crippen molar-refractivity contribution in [2.24, 2.45) is 5.92 Å². The highest BCUT2D eigenvalue weighted by molar-refractivity contribution is 5.93. The summed E-state index contributed by atoms with van der Waals surface area (Å²) in [6, 6.07) is 15.6. The van der Waals surface area contributed by atoms with Crippen molar-refractivity contribution in [2.75, 3.05) is 20.1 Å². The quantitative estimate of drug-likeness (QED) is 0.526. The Balaban J connectivity index is 1.48. The van der Waals surface area contributed by atoms with Gasteiger partial charge >= 0.3 is 0 Å². The second-order valence-electron chi connectivity index (χ2n) is 8.61. The van der Waals surface area contributed by atoms with Gasteiger partial charge in [0.05, 0.1) is 0 Å². The minimum absolute atomic E-state index is 0.0338. The second kappa shape index (κ2) is 10.5. The van der Waals surface area contributed by atoms with E-state index >= 15 is 0 Å². The average Bonchev–Trinajstić information content (AvgIpc) is 3.27. The third-order valence-corrected chi connectivity index (χ3v) is 6.12. The number of ether oxygens (including phenoxy) is 1. The van der Waals surface area contributed by atoms with E-state index in [1.165, 1.54) is 18.5 Å². The Morgan fingerprint density at radius 3 is 2.59 bits per heavy atom. The van der Waals surface area contributed by atoms with E-state index in [0.717, 1.165) is 5.56 Å². The van der Waals surface area contributed by atoms with Crippen molar-refractivity contribution in [3.63, 3.8) is 0 Å². The predicted molar refractivity (Wildman–Crippen MR) is 124 cm³/mol. The van der Waals surface area contributed by atoms with Crippen molar-refractivity contribution in [2.45, 2.75) is 32.4 Å². The van der Waals surface area contributed by atoms with Gasteiger partial charge in [-0.3, -0.25) is 9.59 Å². The van der Waals surface area contributed by atoms with Crippen LogP contribution in [0.2, 0.25) is 0 Å². The Kier molecular flexibility index (Phi) is 7.25. The summed E-state index contributed by atoms with van der Waals surface area (Å²) in [6.45, 7) is 3.00. The van der Waals surface area contributed by atoms with Gasteiger partial charge in [0.2, 0.25) is 5.91 Å². The van der Waals surface area contributed by atoms with Crippen molar-refractivity contribution in [3.05, 3.63) is 83.8 Å². The molecule has 8 heteroatoms. The van der Waals surface area contributed by atoms with Gasteiger partial charge < -0.3 is 19.0 Å². The standard InChI is InChI=1S/C26H28FN3O4/c1-18-25(28-17-33-18)26(32)30-13-12-23(34-22-10-8-21(27)9-11-22)20(16-30)14-24(31)29(2)15-19-6-4-3-5-7-19/h3-11,17,20,23H,12-16H2,1-2H3/t20-,23-/m0/s1. The van der Waals surface area contributed by atoms with Crippen LogP contribution in [-0.2, 0) is 11.3 Å². The van der Waals surface area contributed by atoms with Crippen LogP contribution in [0.15, 0.2) is 65.4 Å². The molecule has 0 unspecified atom stereocenters. The van der Waals surface area contributed by atoms with E-state index in [1.54, 1.807) is 35.9 Å². The Bertz CT molecular complexity index is 1120. The molecule has 1 aliphatic rings. The van der Waals surface area contributed by atoms with Crippen LogP contribution in [-0.4, -0.2) is 52.8 Å². The Hall–Kier alpha value is -3.68. The summed E-state index contributed by atoms with van der Waals surface area (Å²) < 4.78 is 24.7. The van der Waals surface area contributed by atoms with Crippen molar-refractivity contribution in [1.29, 1.82) is 0 Å². The third kappa shape index (κ3) is 5.62. The minimum Gasteiger partial charge on any atom is -0.490 e. The van der Waals surface area contributed by atoms with Crippen LogP contribution < -0.4 is 4.74 Å². The van der Waals surface area contributed by atoms with Crippen molar-refractivity contribution >= 4 is 11.8 Å². The summed E-state index contributed by atoms with van der Waals surface area (Å²) in [7, 11) is 1.77. The van der Waals surface area contributed by atoms with Gasteiger partial charge in [0.25, 0.3) is 5.91 Å². The highest BCUT2D eigenvalue weighted by Crippen LogP contribution is 2.28. The van der Waals surface area contributed by atoms with Gasteiger partial charge in [0, 0.05) is 45.4 Å². The number of carbonyl (C=O) groups excluding carboxylic acids is 2. The molecule has 2 amide bonds.